The Morgan fingerprint density at radius 2 is 1.89 bits per heavy atom. The van der Waals surface area contributed by atoms with E-state index in [9.17, 15) is 0 Å². The van der Waals surface area contributed by atoms with E-state index in [4.69, 9.17) is 4.42 Å². The Labute approximate surface area is 165 Å². The van der Waals surface area contributed by atoms with Crippen molar-refractivity contribution < 1.29 is 14.2 Å². The average molecular weight is 383 g/mol. The van der Waals surface area contributed by atoms with Gasteiger partial charge in [-0.2, -0.15) is 0 Å². The largest absolute Gasteiger partial charge is 0.467 e. The summed E-state index contributed by atoms with van der Waals surface area (Å²) in [5.41, 5.74) is 1.42. The Hall–Kier alpha value is -2.51. The minimum Gasteiger partial charge on any atom is -0.467 e. The van der Waals surface area contributed by atoms with E-state index >= 15 is 0 Å². The zero-order valence-corrected chi connectivity index (χ0v) is 16.6. The second-order valence-electron chi connectivity index (χ2n) is 7.69. The summed E-state index contributed by atoms with van der Waals surface area (Å²) in [5.74, 6) is 1.87. The summed E-state index contributed by atoms with van der Waals surface area (Å²) in [6.07, 6.45) is 3.92. The molecule has 0 aliphatic carbocycles. The summed E-state index contributed by atoms with van der Waals surface area (Å²) in [4.78, 5) is 3.27. The van der Waals surface area contributed by atoms with Crippen molar-refractivity contribution in [2.24, 2.45) is 0 Å². The van der Waals surface area contributed by atoms with Crippen LogP contribution in [0.1, 0.15) is 43.0 Å². The third-order valence-electron chi connectivity index (χ3n) is 5.72. The standard InChI is InChI=1S/C21H28N6O/c1-2-7-20(21-22-23-24-27(21)17-19-10-6-15-28-19)26-13-11-25(12-14-26)16-18-8-4-3-5-9-18/h3-6,8-10,15,20H,2,7,11-14,16-17H2,1H3/p+2/t20-/m1/s1. The molecule has 0 saturated carbocycles. The maximum absolute atomic E-state index is 5.49. The highest BCUT2D eigenvalue weighted by Gasteiger charge is 2.33. The van der Waals surface area contributed by atoms with E-state index in [-0.39, 0.29) is 0 Å². The van der Waals surface area contributed by atoms with Crippen molar-refractivity contribution in [3.8, 4) is 0 Å². The van der Waals surface area contributed by atoms with Gasteiger partial charge in [0, 0.05) is 12.0 Å². The highest BCUT2D eigenvalue weighted by atomic mass is 16.3. The molecule has 2 N–H and O–H groups in total. The molecule has 2 aromatic heterocycles. The molecule has 1 aliphatic heterocycles. The third kappa shape index (κ3) is 4.48. The first kappa shape index (κ1) is 18.8. The molecule has 3 heterocycles. The van der Waals surface area contributed by atoms with Crippen molar-refractivity contribution in [1.82, 2.24) is 20.2 Å². The molecule has 4 rings (SSSR count). The van der Waals surface area contributed by atoms with Crippen molar-refractivity contribution in [2.45, 2.75) is 38.9 Å². The van der Waals surface area contributed by atoms with Gasteiger partial charge in [-0.15, -0.1) is 5.10 Å². The van der Waals surface area contributed by atoms with Gasteiger partial charge in [0.25, 0.3) is 0 Å². The molecule has 1 saturated heterocycles. The quantitative estimate of drug-likeness (QED) is 0.582. The zero-order valence-electron chi connectivity index (χ0n) is 16.6. The van der Waals surface area contributed by atoms with Crippen molar-refractivity contribution >= 4 is 0 Å². The summed E-state index contributed by atoms with van der Waals surface area (Å²) >= 11 is 0. The molecule has 0 unspecified atom stereocenters. The second-order valence-corrected chi connectivity index (χ2v) is 7.69. The van der Waals surface area contributed by atoms with Gasteiger partial charge in [0.2, 0.25) is 5.82 Å². The number of benzene rings is 1. The highest BCUT2D eigenvalue weighted by molar-refractivity contribution is 5.13. The van der Waals surface area contributed by atoms with Crippen LogP contribution in [0.5, 0.6) is 0 Å². The summed E-state index contributed by atoms with van der Waals surface area (Å²) in [6, 6.07) is 15.0. The minimum atomic E-state index is 0.341. The fourth-order valence-corrected chi connectivity index (χ4v) is 4.26. The Kier molecular flexibility index (Phi) is 6.14. The van der Waals surface area contributed by atoms with Gasteiger partial charge in [0.1, 0.15) is 51.1 Å². The van der Waals surface area contributed by atoms with E-state index in [1.54, 1.807) is 16.1 Å². The van der Waals surface area contributed by atoms with Crippen molar-refractivity contribution in [2.75, 3.05) is 26.2 Å². The van der Waals surface area contributed by atoms with Gasteiger partial charge in [0.15, 0.2) is 0 Å². The van der Waals surface area contributed by atoms with Gasteiger partial charge in [-0.25, -0.2) is 4.68 Å². The first-order valence-corrected chi connectivity index (χ1v) is 10.3. The maximum atomic E-state index is 5.49. The number of furan rings is 1. The molecule has 7 heteroatoms. The lowest BCUT2D eigenvalue weighted by Crippen LogP contribution is -3.27. The van der Waals surface area contributed by atoms with Gasteiger partial charge in [-0.05, 0) is 22.6 Å². The van der Waals surface area contributed by atoms with Crippen molar-refractivity contribution in [3.05, 3.63) is 65.9 Å². The molecule has 1 aromatic carbocycles. The predicted molar refractivity (Wildman–Crippen MR) is 105 cm³/mol. The molecule has 3 aromatic rings. The number of aromatic nitrogens is 4. The Bertz CT molecular complexity index is 824. The average Bonchev–Trinajstić information content (AvgIpc) is 3.40. The molecule has 0 radical (unpaired) electrons. The molecular weight excluding hydrogens is 352 g/mol. The van der Waals surface area contributed by atoms with Crippen LogP contribution < -0.4 is 9.80 Å². The molecule has 0 bridgehead atoms. The molecule has 0 spiro atoms. The van der Waals surface area contributed by atoms with Crippen LogP contribution in [-0.2, 0) is 13.1 Å². The lowest BCUT2D eigenvalue weighted by molar-refractivity contribution is -1.03. The fourth-order valence-electron chi connectivity index (χ4n) is 4.26. The molecule has 1 atom stereocenters. The molecule has 0 amide bonds. The number of rotatable bonds is 8. The van der Waals surface area contributed by atoms with Crippen LogP contribution >= 0.6 is 0 Å². The van der Waals surface area contributed by atoms with Gasteiger partial charge in [-0.3, -0.25) is 0 Å². The van der Waals surface area contributed by atoms with Gasteiger partial charge in [-0.1, -0.05) is 43.7 Å². The number of quaternary nitrogens is 2. The van der Waals surface area contributed by atoms with E-state index in [0.29, 0.717) is 12.6 Å². The van der Waals surface area contributed by atoms with Crippen LogP contribution in [0, 0.1) is 0 Å². The number of tetrazole rings is 1. The predicted octanol–water partition coefficient (Wildman–Crippen LogP) is 0.139. The van der Waals surface area contributed by atoms with Crippen LogP contribution in [0.4, 0.5) is 0 Å². The number of nitrogens with zero attached hydrogens (tertiary/aromatic N) is 4. The van der Waals surface area contributed by atoms with Crippen LogP contribution in [0.15, 0.2) is 53.1 Å². The topological polar surface area (TPSA) is 65.6 Å². The fraction of sp³-hybridized carbons (Fsp3) is 0.476. The zero-order chi connectivity index (χ0) is 19.2. The maximum Gasteiger partial charge on any atom is 0.209 e. The molecule has 1 fully saturated rings. The molecule has 148 valence electrons. The van der Waals surface area contributed by atoms with E-state index < -0.39 is 0 Å². The van der Waals surface area contributed by atoms with E-state index in [2.05, 4.69) is 52.8 Å². The van der Waals surface area contributed by atoms with E-state index in [1.807, 2.05) is 16.8 Å². The third-order valence-corrected chi connectivity index (χ3v) is 5.72. The van der Waals surface area contributed by atoms with Crippen LogP contribution in [0.2, 0.25) is 0 Å². The van der Waals surface area contributed by atoms with Crippen LogP contribution in [0.3, 0.4) is 0 Å². The molecule has 1 aliphatic rings. The first-order chi connectivity index (χ1) is 13.8. The van der Waals surface area contributed by atoms with Crippen LogP contribution in [0.25, 0.3) is 0 Å². The molecular formula is C21H30N6O+2. The van der Waals surface area contributed by atoms with Crippen molar-refractivity contribution in [1.29, 1.82) is 0 Å². The monoisotopic (exact) mass is 382 g/mol. The summed E-state index contributed by atoms with van der Waals surface area (Å²) < 4.78 is 7.40. The normalized spacial score (nSPS) is 20.9. The van der Waals surface area contributed by atoms with Gasteiger partial charge < -0.3 is 14.2 Å². The van der Waals surface area contributed by atoms with Crippen LogP contribution in [-0.4, -0.2) is 46.4 Å². The lowest BCUT2D eigenvalue weighted by atomic mass is 10.1. The Balaban J connectivity index is 1.41. The lowest BCUT2D eigenvalue weighted by Gasteiger charge is -2.34. The molecule has 7 nitrogen and oxygen atoms in total. The summed E-state index contributed by atoms with van der Waals surface area (Å²) in [5, 5.41) is 12.6. The number of nitrogens with one attached hydrogen (secondary N) is 2. The Morgan fingerprint density at radius 3 is 2.61 bits per heavy atom. The van der Waals surface area contributed by atoms with E-state index in [0.717, 1.165) is 44.1 Å². The number of hydrogen-bond donors (Lipinski definition) is 2. The Morgan fingerprint density at radius 1 is 1.07 bits per heavy atom. The number of piperazine rings is 1. The van der Waals surface area contributed by atoms with Gasteiger partial charge in [0.05, 0.1) is 6.26 Å². The summed E-state index contributed by atoms with van der Waals surface area (Å²) in [6.45, 7) is 8.62. The van der Waals surface area contributed by atoms with E-state index in [1.165, 1.54) is 18.7 Å². The second kappa shape index (κ2) is 9.12. The minimum absolute atomic E-state index is 0.341. The van der Waals surface area contributed by atoms with Crippen molar-refractivity contribution in [3.63, 3.8) is 0 Å². The SMILES string of the molecule is CCC[C@H](c1nnnn1Cc1ccco1)[NH+]1CC[NH+](Cc2ccccc2)CC1. The highest BCUT2D eigenvalue weighted by Crippen LogP contribution is 2.14. The first-order valence-electron chi connectivity index (χ1n) is 10.3. The smallest absolute Gasteiger partial charge is 0.209 e. The summed E-state index contributed by atoms with van der Waals surface area (Å²) in [7, 11) is 0. The molecule has 28 heavy (non-hydrogen) atoms. The van der Waals surface area contributed by atoms with Gasteiger partial charge >= 0.3 is 0 Å². The number of hydrogen-bond acceptors (Lipinski definition) is 4.